The molecule has 0 aliphatic carbocycles. The van der Waals surface area contributed by atoms with E-state index in [0.717, 1.165) is 0 Å². The third-order valence-corrected chi connectivity index (χ3v) is 11.6. The summed E-state index contributed by atoms with van der Waals surface area (Å²) in [7, 11) is 1.19. The van der Waals surface area contributed by atoms with E-state index in [2.05, 4.69) is 40.8 Å². The number of carbonyl (C=O) groups is 2. The lowest BCUT2D eigenvalue weighted by Gasteiger charge is -2.43. The molecule has 5 nitrogen and oxygen atoms in total. The highest BCUT2D eigenvalue weighted by Gasteiger charge is 2.42. The minimum absolute atomic E-state index is 0.167. The van der Waals surface area contributed by atoms with Crippen LogP contribution in [0.3, 0.4) is 0 Å². The summed E-state index contributed by atoms with van der Waals surface area (Å²) < 4.78 is 10.1. The molecule has 0 aromatic heterocycles. The monoisotopic (exact) mass is 393 g/mol. The van der Waals surface area contributed by atoms with E-state index in [-0.39, 0.29) is 10.8 Å². The largest absolute Gasteiger partial charge is 0.497 e. The lowest BCUT2D eigenvalue weighted by molar-refractivity contribution is -0.116. The van der Waals surface area contributed by atoms with Crippen molar-refractivity contribution < 1.29 is 19.1 Å². The van der Waals surface area contributed by atoms with Crippen molar-refractivity contribution in [3.05, 3.63) is 24.3 Å². The molecule has 0 radical (unpaired) electrons. The summed E-state index contributed by atoms with van der Waals surface area (Å²) in [6, 6.07) is 7.78. The van der Waals surface area contributed by atoms with Gasteiger partial charge in [-0.25, -0.2) is 4.79 Å². The fourth-order valence-electron chi connectivity index (χ4n) is 3.03. The van der Waals surface area contributed by atoms with Crippen molar-refractivity contribution in [2.24, 2.45) is 5.92 Å². The third kappa shape index (κ3) is 5.83. The maximum atomic E-state index is 12.7. The summed E-state index contributed by atoms with van der Waals surface area (Å²) in [6.07, 6.45) is -0.141. The molecule has 0 aliphatic heterocycles. The molecule has 0 atom stereocenters. The van der Waals surface area contributed by atoms with Gasteiger partial charge in [0.15, 0.2) is 0 Å². The van der Waals surface area contributed by atoms with Crippen molar-refractivity contribution in [3.63, 3.8) is 0 Å². The number of carbonyl (C=O) groups excluding carboxylic acids is 2. The summed E-state index contributed by atoms with van der Waals surface area (Å²) in [5.41, 5.74) is 0.689. The van der Waals surface area contributed by atoms with E-state index in [1.54, 1.807) is 31.4 Å². The highest BCUT2D eigenvalue weighted by Crippen LogP contribution is 2.46. The lowest BCUT2D eigenvalue weighted by Crippen LogP contribution is -2.44. The van der Waals surface area contributed by atoms with Crippen LogP contribution < -0.4 is 9.64 Å². The SMILES string of the molecule is COC(=O)N(CCC(=O)C[Si](C)(C)C(C)(C)C(C)C)c1ccc(OC)cc1. The summed E-state index contributed by atoms with van der Waals surface area (Å²) in [6.45, 7) is 13.9. The molecule has 0 N–H and O–H groups in total. The molecule has 0 fully saturated rings. The van der Waals surface area contributed by atoms with E-state index in [4.69, 9.17) is 9.47 Å². The summed E-state index contributed by atoms with van der Waals surface area (Å²) in [4.78, 5) is 26.4. The minimum atomic E-state index is -1.76. The van der Waals surface area contributed by atoms with Crippen LogP contribution in [-0.2, 0) is 9.53 Å². The van der Waals surface area contributed by atoms with Gasteiger partial charge in [-0.3, -0.25) is 9.69 Å². The van der Waals surface area contributed by atoms with Crippen molar-refractivity contribution in [1.29, 1.82) is 0 Å². The van der Waals surface area contributed by atoms with Gasteiger partial charge in [-0.1, -0.05) is 40.8 Å². The minimum Gasteiger partial charge on any atom is -0.497 e. The van der Waals surface area contributed by atoms with Crippen molar-refractivity contribution >= 4 is 25.6 Å². The van der Waals surface area contributed by atoms with E-state index in [9.17, 15) is 9.59 Å². The van der Waals surface area contributed by atoms with E-state index in [1.807, 2.05) is 0 Å². The zero-order valence-corrected chi connectivity index (χ0v) is 19.1. The number of ether oxygens (including phenoxy) is 2. The number of nitrogens with zero attached hydrogens (tertiary/aromatic N) is 1. The Morgan fingerprint density at radius 3 is 2.11 bits per heavy atom. The van der Waals surface area contributed by atoms with Gasteiger partial charge in [-0.15, -0.1) is 0 Å². The van der Waals surface area contributed by atoms with Gasteiger partial charge in [0.2, 0.25) is 0 Å². The Morgan fingerprint density at radius 1 is 1.11 bits per heavy atom. The molecule has 0 unspecified atom stereocenters. The zero-order valence-electron chi connectivity index (χ0n) is 18.1. The van der Waals surface area contributed by atoms with Gasteiger partial charge in [0, 0.05) is 24.7 Å². The van der Waals surface area contributed by atoms with Crippen LogP contribution in [0.15, 0.2) is 24.3 Å². The predicted octanol–water partition coefficient (Wildman–Crippen LogP) is 5.37. The smallest absolute Gasteiger partial charge is 0.414 e. The topological polar surface area (TPSA) is 55.8 Å². The van der Waals surface area contributed by atoms with Crippen LogP contribution in [-0.4, -0.2) is 40.7 Å². The van der Waals surface area contributed by atoms with Gasteiger partial charge in [0.1, 0.15) is 11.5 Å². The van der Waals surface area contributed by atoms with Crippen LogP contribution >= 0.6 is 0 Å². The lowest BCUT2D eigenvalue weighted by atomic mass is 9.99. The molecule has 27 heavy (non-hydrogen) atoms. The molecule has 1 aromatic rings. The molecule has 1 rings (SSSR count). The number of anilines is 1. The first-order chi connectivity index (χ1) is 12.5. The quantitative estimate of drug-likeness (QED) is 0.529. The van der Waals surface area contributed by atoms with Crippen LogP contribution in [0.25, 0.3) is 0 Å². The molecule has 152 valence electrons. The summed E-state index contributed by atoms with van der Waals surface area (Å²) >= 11 is 0. The van der Waals surface area contributed by atoms with Gasteiger partial charge >= 0.3 is 6.09 Å². The molecule has 1 amide bonds. The molecular formula is C21H35NO4Si. The average molecular weight is 394 g/mol. The Hall–Kier alpha value is -1.82. The first-order valence-corrected chi connectivity index (χ1v) is 12.7. The second kappa shape index (κ2) is 9.40. The molecule has 0 saturated heterocycles. The van der Waals surface area contributed by atoms with Crippen LogP contribution in [0, 0.1) is 5.92 Å². The third-order valence-electron chi connectivity index (χ3n) is 6.22. The van der Waals surface area contributed by atoms with Crippen molar-refractivity contribution in [1.82, 2.24) is 0 Å². The van der Waals surface area contributed by atoms with Crippen molar-refractivity contribution in [2.75, 3.05) is 25.7 Å². The number of hydrogen-bond acceptors (Lipinski definition) is 4. The Balaban J connectivity index is 2.83. The van der Waals surface area contributed by atoms with E-state index in [0.29, 0.717) is 36.4 Å². The number of Topliss-reactive ketones (excluding diaryl/α,β-unsaturated/α-hetero) is 1. The molecule has 0 saturated carbocycles. The molecule has 0 aliphatic rings. The predicted molar refractivity (Wildman–Crippen MR) is 114 cm³/mol. The van der Waals surface area contributed by atoms with Crippen molar-refractivity contribution in [2.45, 2.75) is 58.3 Å². The molecule has 6 heteroatoms. The van der Waals surface area contributed by atoms with Gasteiger partial charge < -0.3 is 9.47 Å². The number of hydrogen-bond donors (Lipinski definition) is 0. The molecule has 1 aromatic carbocycles. The number of rotatable bonds is 9. The maximum absolute atomic E-state index is 12.7. The molecule has 0 heterocycles. The number of methoxy groups -OCH3 is 2. The van der Waals surface area contributed by atoms with Crippen LogP contribution in [0.4, 0.5) is 10.5 Å². The van der Waals surface area contributed by atoms with E-state index in [1.165, 1.54) is 12.0 Å². The molecule has 0 spiro atoms. The van der Waals surface area contributed by atoms with Gasteiger partial charge in [0.25, 0.3) is 0 Å². The zero-order chi connectivity index (χ0) is 20.8. The van der Waals surface area contributed by atoms with Crippen molar-refractivity contribution in [3.8, 4) is 5.75 Å². The highest BCUT2D eigenvalue weighted by molar-refractivity contribution is 6.82. The second-order valence-corrected chi connectivity index (χ2v) is 14.0. The second-order valence-electron chi connectivity index (χ2n) is 8.55. The Bertz CT molecular complexity index is 638. The first kappa shape index (κ1) is 23.2. The van der Waals surface area contributed by atoms with E-state index >= 15 is 0 Å². The highest BCUT2D eigenvalue weighted by atomic mass is 28.3. The average Bonchev–Trinajstić information content (AvgIpc) is 2.61. The van der Waals surface area contributed by atoms with Crippen LogP contribution in [0.1, 0.15) is 34.1 Å². The normalized spacial score (nSPS) is 12.0. The number of amides is 1. The Labute approximate surface area is 165 Å². The van der Waals surface area contributed by atoms with Gasteiger partial charge in [-0.05, 0) is 35.2 Å². The van der Waals surface area contributed by atoms with E-state index < -0.39 is 14.2 Å². The van der Waals surface area contributed by atoms with Gasteiger partial charge in [-0.2, -0.15) is 0 Å². The summed E-state index contributed by atoms with van der Waals surface area (Å²) in [5, 5.41) is 0.167. The number of benzene rings is 1. The Kier molecular flexibility index (Phi) is 8.08. The molecule has 0 bridgehead atoms. The fourth-order valence-corrected chi connectivity index (χ4v) is 6.21. The van der Waals surface area contributed by atoms with Crippen LogP contribution in [0.5, 0.6) is 5.75 Å². The summed E-state index contributed by atoms with van der Waals surface area (Å²) in [5.74, 6) is 1.45. The standard InChI is InChI=1S/C21H35NO4Si/c1-16(2)21(3,4)27(7,8)15-18(23)13-14-22(20(24)26-6)17-9-11-19(25-5)12-10-17/h9-12,16H,13-15H2,1-8H3. The van der Waals surface area contributed by atoms with Crippen LogP contribution in [0.2, 0.25) is 24.2 Å². The number of ketones is 1. The van der Waals surface area contributed by atoms with Gasteiger partial charge in [0.05, 0.1) is 22.3 Å². The Morgan fingerprint density at radius 2 is 1.67 bits per heavy atom. The first-order valence-electron chi connectivity index (χ1n) is 9.47. The maximum Gasteiger partial charge on any atom is 0.414 e. The molecular weight excluding hydrogens is 358 g/mol. The fraction of sp³-hybridized carbons (Fsp3) is 0.619.